The number of nitrogens with zero attached hydrogens (tertiary/aromatic N) is 1. The Labute approximate surface area is 149 Å². The van der Waals surface area contributed by atoms with Gasteiger partial charge in [-0.25, -0.2) is 0 Å². The summed E-state index contributed by atoms with van der Waals surface area (Å²) in [5, 5.41) is 7.41. The highest BCUT2D eigenvalue weighted by Crippen LogP contribution is 2.11. The van der Waals surface area contributed by atoms with Crippen molar-refractivity contribution in [3.8, 4) is 0 Å². The minimum atomic E-state index is 0.369. The molecule has 0 spiro atoms. The van der Waals surface area contributed by atoms with Gasteiger partial charge in [0.05, 0.1) is 6.10 Å². The van der Waals surface area contributed by atoms with Crippen molar-refractivity contribution in [2.45, 2.75) is 31.8 Å². The lowest BCUT2D eigenvalue weighted by Gasteiger charge is -2.22. The molecule has 24 heavy (non-hydrogen) atoms. The molecule has 2 rings (SSSR count). The van der Waals surface area contributed by atoms with Crippen LogP contribution in [0, 0.1) is 0 Å². The van der Waals surface area contributed by atoms with E-state index in [0.717, 1.165) is 69.6 Å². The van der Waals surface area contributed by atoms with E-state index in [1.807, 2.05) is 18.2 Å². The maximum atomic E-state index is 5.99. The summed E-state index contributed by atoms with van der Waals surface area (Å²) in [4.78, 5) is 4.24. The largest absolute Gasteiger partial charge is 0.381 e. The normalized spacial score (nSPS) is 16.2. The van der Waals surface area contributed by atoms with Crippen molar-refractivity contribution in [1.82, 2.24) is 10.6 Å². The van der Waals surface area contributed by atoms with Crippen molar-refractivity contribution in [1.29, 1.82) is 0 Å². The van der Waals surface area contributed by atoms with Gasteiger partial charge >= 0.3 is 0 Å². The van der Waals surface area contributed by atoms with Crippen LogP contribution in [0.2, 0.25) is 5.02 Å². The van der Waals surface area contributed by atoms with Crippen molar-refractivity contribution in [2.75, 3.05) is 40.0 Å². The van der Waals surface area contributed by atoms with Gasteiger partial charge in [-0.2, -0.15) is 0 Å². The molecule has 0 aromatic heterocycles. The van der Waals surface area contributed by atoms with Gasteiger partial charge in [0.1, 0.15) is 0 Å². The Morgan fingerprint density at radius 1 is 1.29 bits per heavy atom. The Hall–Kier alpha value is -1.30. The number of aliphatic imine (C=N–C) groups is 1. The third kappa shape index (κ3) is 7.51. The van der Waals surface area contributed by atoms with Gasteiger partial charge in [0.15, 0.2) is 5.96 Å². The molecule has 0 saturated carbocycles. The number of halogens is 1. The fourth-order valence-corrected chi connectivity index (χ4v) is 2.82. The molecular weight excluding hydrogens is 326 g/mol. The van der Waals surface area contributed by atoms with E-state index in [4.69, 9.17) is 21.1 Å². The molecule has 2 N–H and O–H groups in total. The molecule has 134 valence electrons. The Morgan fingerprint density at radius 2 is 2.08 bits per heavy atom. The van der Waals surface area contributed by atoms with Crippen molar-refractivity contribution >= 4 is 17.6 Å². The van der Waals surface area contributed by atoms with Crippen LogP contribution in [0.5, 0.6) is 0 Å². The van der Waals surface area contributed by atoms with Gasteiger partial charge in [-0.3, -0.25) is 4.99 Å². The van der Waals surface area contributed by atoms with Crippen molar-refractivity contribution < 1.29 is 9.47 Å². The summed E-state index contributed by atoms with van der Waals surface area (Å²) in [7, 11) is 1.78. The molecule has 0 atom stereocenters. The molecule has 0 amide bonds. The zero-order valence-corrected chi connectivity index (χ0v) is 15.1. The molecule has 1 heterocycles. The molecular formula is C18H28ClN3O2. The summed E-state index contributed by atoms with van der Waals surface area (Å²) in [6.45, 7) is 4.09. The van der Waals surface area contributed by atoms with Crippen molar-refractivity contribution in [3.63, 3.8) is 0 Å². The van der Waals surface area contributed by atoms with E-state index in [-0.39, 0.29) is 0 Å². The number of rotatable bonds is 8. The monoisotopic (exact) mass is 353 g/mol. The average molecular weight is 354 g/mol. The molecule has 1 fully saturated rings. The maximum absolute atomic E-state index is 5.99. The molecule has 1 aliphatic rings. The maximum Gasteiger partial charge on any atom is 0.190 e. The lowest BCUT2D eigenvalue weighted by molar-refractivity contribution is -0.0320. The second kappa shape index (κ2) is 11.3. The fourth-order valence-electron chi connectivity index (χ4n) is 2.61. The first-order valence-electron chi connectivity index (χ1n) is 8.66. The van der Waals surface area contributed by atoms with Crippen molar-refractivity contribution in [3.05, 3.63) is 34.9 Å². The number of guanidine groups is 1. The van der Waals surface area contributed by atoms with E-state index in [2.05, 4.69) is 21.7 Å². The lowest BCUT2D eigenvalue weighted by atomic mass is 10.1. The quantitative estimate of drug-likeness (QED) is 0.428. The summed E-state index contributed by atoms with van der Waals surface area (Å²) in [6.07, 6.45) is 4.27. The molecule has 0 radical (unpaired) electrons. The SMILES string of the molecule is CN=C(NCCCOC1CCOCC1)NCCc1cccc(Cl)c1. The molecule has 1 aliphatic heterocycles. The first kappa shape index (κ1) is 19.0. The first-order chi connectivity index (χ1) is 11.8. The van der Waals surface area contributed by atoms with E-state index in [9.17, 15) is 0 Å². The third-order valence-electron chi connectivity index (χ3n) is 3.95. The van der Waals surface area contributed by atoms with Crippen LogP contribution in [0.4, 0.5) is 0 Å². The Balaban J connectivity index is 1.53. The van der Waals surface area contributed by atoms with Gasteiger partial charge in [0.25, 0.3) is 0 Å². The van der Waals surface area contributed by atoms with Crippen LogP contribution >= 0.6 is 11.6 Å². The van der Waals surface area contributed by atoms with Gasteiger partial charge in [-0.1, -0.05) is 23.7 Å². The average Bonchev–Trinajstić information content (AvgIpc) is 2.61. The van der Waals surface area contributed by atoms with Gasteiger partial charge in [0.2, 0.25) is 0 Å². The summed E-state index contributed by atoms with van der Waals surface area (Å²) >= 11 is 5.99. The van der Waals surface area contributed by atoms with Crippen LogP contribution in [0.15, 0.2) is 29.3 Å². The number of ether oxygens (including phenoxy) is 2. The lowest BCUT2D eigenvalue weighted by Crippen LogP contribution is -2.39. The number of hydrogen-bond acceptors (Lipinski definition) is 3. The van der Waals surface area contributed by atoms with E-state index >= 15 is 0 Å². The third-order valence-corrected chi connectivity index (χ3v) is 4.19. The molecule has 6 heteroatoms. The number of benzene rings is 1. The summed E-state index contributed by atoms with van der Waals surface area (Å²) in [5.74, 6) is 0.822. The predicted octanol–water partition coefficient (Wildman–Crippen LogP) is 2.63. The van der Waals surface area contributed by atoms with E-state index < -0.39 is 0 Å². The second-order valence-corrected chi connectivity index (χ2v) is 6.28. The molecule has 0 bridgehead atoms. The van der Waals surface area contributed by atoms with Crippen LogP contribution < -0.4 is 10.6 Å². The molecule has 0 aliphatic carbocycles. The Morgan fingerprint density at radius 3 is 2.83 bits per heavy atom. The summed E-state index contributed by atoms with van der Waals surface area (Å²) in [5.41, 5.74) is 1.22. The molecule has 1 aromatic rings. The van der Waals surface area contributed by atoms with Gasteiger partial charge in [-0.05, 0) is 43.4 Å². The number of hydrogen-bond donors (Lipinski definition) is 2. The standard InChI is InChI=1S/C18H28ClN3O2/c1-20-18(22-10-6-15-4-2-5-16(19)14-15)21-9-3-11-24-17-7-12-23-13-8-17/h2,4-5,14,17H,3,6-13H2,1H3,(H2,20,21,22). The van der Waals surface area contributed by atoms with Crippen LogP contribution in [-0.4, -0.2) is 52.0 Å². The zero-order valence-electron chi connectivity index (χ0n) is 14.4. The summed E-state index contributed by atoms with van der Waals surface area (Å²) < 4.78 is 11.2. The zero-order chi connectivity index (χ0) is 17.0. The van der Waals surface area contributed by atoms with Crippen LogP contribution in [-0.2, 0) is 15.9 Å². The highest BCUT2D eigenvalue weighted by molar-refractivity contribution is 6.30. The van der Waals surface area contributed by atoms with Crippen LogP contribution in [0.1, 0.15) is 24.8 Å². The molecule has 0 unspecified atom stereocenters. The Bertz CT molecular complexity index is 505. The topological polar surface area (TPSA) is 54.9 Å². The predicted molar refractivity (Wildman–Crippen MR) is 98.9 cm³/mol. The minimum Gasteiger partial charge on any atom is -0.381 e. The number of nitrogens with one attached hydrogen (secondary N) is 2. The van der Waals surface area contributed by atoms with Gasteiger partial charge < -0.3 is 20.1 Å². The molecule has 1 saturated heterocycles. The minimum absolute atomic E-state index is 0.369. The highest BCUT2D eigenvalue weighted by atomic mass is 35.5. The van der Waals surface area contributed by atoms with Crippen LogP contribution in [0.3, 0.4) is 0 Å². The van der Waals surface area contributed by atoms with E-state index in [1.54, 1.807) is 7.05 Å². The highest BCUT2D eigenvalue weighted by Gasteiger charge is 2.13. The fraction of sp³-hybridized carbons (Fsp3) is 0.611. The molecule has 1 aromatic carbocycles. The van der Waals surface area contributed by atoms with Crippen molar-refractivity contribution in [2.24, 2.45) is 4.99 Å². The van der Waals surface area contributed by atoms with E-state index in [1.165, 1.54) is 5.56 Å². The smallest absolute Gasteiger partial charge is 0.190 e. The Kier molecular flexibility index (Phi) is 8.95. The second-order valence-electron chi connectivity index (χ2n) is 5.84. The van der Waals surface area contributed by atoms with Crippen LogP contribution in [0.25, 0.3) is 0 Å². The molecule has 5 nitrogen and oxygen atoms in total. The summed E-state index contributed by atoms with van der Waals surface area (Å²) in [6, 6.07) is 7.94. The van der Waals surface area contributed by atoms with Gasteiger partial charge in [-0.15, -0.1) is 0 Å². The van der Waals surface area contributed by atoms with Gasteiger partial charge in [0, 0.05) is 45.0 Å². The van der Waals surface area contributed by atoms with E-state index in [0.29, 0.717) is 6.10 Å². The first-order valence-corrected chi connectivity index (χ1v) is 9.04.